The molecule has 0 N–H and O–H groups in total. The second kappa shape index (κ2) is 3.67. The van der Waals surface area contributed by atoms with Crippen LogP contribution in [0, 0.1) is 0 Å². The van der Waals surface area contributed by atoms with E-state index < -0.39 is 0 Å². The molecule has 1 heterocycles. The molecule has 1 saturated heterocycles. The summed E-state index contributed by atoms with van der Waals surface area (Å²) in [6, 6.07) is 4.98. The van der Waals surface area contributed by atoms with Crippen molar-refractivity contribution >= 4 is 35.0 Å². The lowest BCUT2D eigenvalue weighted by Gasteiger charge is -2.12. The number of hydrogen-bond acceptors (Lipinski definition) is 2. The lowest BCUT2D eigenvalue weighted by Crippen LogP contribution is -2.23. The minimum absolute atomic E-state index is 0.358. The fourth-order valence-electron chi connectivity index (χ4n) is 1.32. The van der Waals surface area contributed by atoms with Gasteiger partial charge in [-0.2, -0.15) is 0 Å². The van der Waals surface area contributed by atoms with E-state index in [1.165, 1.54) is 4.90 Å². The number of halogens is 2. The summed E-state index contributed by atoms with van der Waals surface area (Å²) in [5, 5.41) is 1.01. The van der Waals surface area contributed by atoms with Gasteiger partial charge in [0.1, 0.15) is 6.61 Å². The Morgan fingerprint density at radius 3 is 2.36 bits per heavy atom. The van der Waals surface area contributed by atoms with Crippen LogP contribution in [0.1, 0.15) is 0 Å². The number of nitrogens with zero attached hydrogens (tertiary/aromatic N) is 1. The summed E-state index contributed by atoms with van der Waals surface area (Å²) in [6.07, 6.45) is -0.358. The van der Waals surface area contributed by atoms with Gasteiger partial charge in [0.25, 0.3) is 0 Å². The molecule has 74 valence electrons. The van der Waals surface area contributed by atoms with E-state index in [4.69, 9.17) is 27.9 Å². The highest BCUT2D eigenvalue weighted by molar-refractivity contribution is 6.35. The lowest BCUT2D eigenvalue weighted by atomic mass is 10.3. The second-order valence-corrected chi connectivity index (χ2v) is 3.77. The van der Waals surface area contributed by atoms with Crippen molar-refractivity contribution in [1.29, 1.82) is 0 Å². The predicted octanol–water partition coefficient (Wildman–Crippen LogP) is 2.95. The third kappa shape index (κ3) is 1.79. The van der Waals surface area contributed by atoms with Crippen LogP contribution >= 0.6 is 23.2 Å². The molecular weight excluding hydrogens is 225 g/mol. The molecule has 3 nitrogen and oxygen atoms in total. The van der Waals surface area contributed by atoms with Gasteiger partial charge in [0, 0.05) is 10.0 Å². The third-order valence-corrected chi connectivity index (χ3v) is 2.36. The molecule has 0 spiro atoms. The van der Waals surface area contributed by atoms with Gasteiger partial charge in [0.2, 0.25) is 0 Å². The molecule has 1 aromatic rings. The Morgan fingerprint density at radius 2 is 1.86 bits per heavy atom. The molecule has 1 aliphatic heterocycles. The standard InChI is InChI=1S/C9H7Cl2NO2/c10-6-3-7(11)5-8(4-6)12-1-2-14-9(12)13/h3-5H,1-2H2. The zero-order valence-corrected chi connectivity index (χ0v) is 8.68. The summed E-state index contributed by atoms with van der Waals surface area (Å²) in [6.45, 7) is 0.943. The first-order chi connectivity index (χ1) is 6.66. The van der Waals surface area contributed by atoms with Crippen LogP contribution in [0.4, 0.5) is 10.5 Å². The van der Waals surface area contributed by atoms with E-state index in [0.29, 0.717) is 28.9 Å². The molecule has 0 saturated carbocycles. The fraction of sp³-hybridized carbons (Fsp3) is 0.222. The largest absolute Gasteiger partial charge is 0.447 e. The minimum Gasteiger partial charge on any atom is -0.447 e. The highest BCUT2D eigenvalue weighted by Crippen LogP contribution is 2.27. The predicted molar refractivity (Wildman–Crippen MR) is 55.2 cm³/mol. The normalized spacial score (nSPS) is 15.9. The average Bonchev–Trinajstić information content (AvgIpc) is 2.49. The molecule has 0 radical (unpaired) electrons. The van der Waals surface area contributed by atoms with E-state index in [9.17, 15) is 4.79 Å². The second-order valence-electron chi connectivity index (χ2n) is 2.89. The van der Waals surface area contributed by atoms with Crippen LogP contribution in [0.15, 0.2) is 18.2 Å². The molecule has 1 fully saturated rings. The van der Waals surface area contributed by atoms with Crippen molar-refractivity contribution in [2.45, 2.75) is 0 Å². The highest BCUT2D eigenvalue weighted by Gasteiger charge is 2.23. The van der Waals surface area contributed by atoms with Gasteiger partial charge < -0.3 is 4.74 Å². The maximum atomic E-state index is 11.2. The summed E-state index contributed by atoms with van der Waals surface area (Å²) < 4.78 is 4.80. The molecule has 5 heteroatoms. The first-order valence-electron chi connectivity index (χ1n) is 4.07. The molecule has 1 aliphatic rings. The van der Waals surface area contributed by atoms with Gasteiger partial charge in [0.05, 0.1) is 12.2 Å². The van der Waals surface area contributed by atoms with E-state index in [2.05, 4.69) is 0 Å². The maximum Gasteiger partial charge on any atom is 0.414 e. The molecule has 0 atom stereocenters. The lowest BCUT2D eigenvalue weighted by molar-refractivity contribution is 0.181. The topological polar surface area (TPSA) is 29.5 Å². The number of hydrogen-bond donors (Lipinski definition) is 0. The van der Waals surface area contributed by atoms with E-state index in [1.807, 2.05) is 0 Å². The van der Waals surface area contributed by atoms with Crippen molar-refractivity contribution in [2.75, 3.05) is 18.1 Å². The van der Waals surface area contributed by atoms with Gasteiger partial charge in [-0.25, -0.2) is 4.79 Å². The highest BCUT2D eigenvalue weighted by atomic mass is 35.5. The number of carbonyl (C=O) groups excluding carboxylic acids is 1. The van der Waals surface area contributed by atoms with Crippen LogP contribution in [0.3, 0.4) is 0 Å². The molecule has 0 aliphatic carbocycles. The van der Waals surface area contributed by atoms with Gasteiger partial charge in [-0.1, -0.05) is 23.2 Å². The van der Waals surface area contributed by atoms with Crippen LogP contribution < -0.4 is 4.90 Å². The number of cyclic esters (lactones) is 1. The fourth-order valence-corrected chi connectivity index (χ4v) is 1.84. The van der Waals surface area contributed by atoms with Crippen molar-refractivity contribution in [1.82, 2.24) is 0 Å². The summed E-state index contributed by atoms with van der Waals surface area (Å²) in [5.74, 6) is 0. The third-order valence-electron chi connectivity index (χ3n) is 1.92. The van der Waals surface area contributed by atoms with Crippen molar-refractivity contribution in [3.05, 3.63) is 28.2 Å². The summed E-state index contributed by atoms with van der Waals surface area (Å²) in [4.78, 5) is 12.7. The van der Waals surface area contributed by atoms with Gasteiger partial charge >= 0.3 is 6.09 Å². The Labute approximate surface area is 91.2 Å². The zero-order chi connectivity index (χ0) is 10.1. The van der Waals surface area contributed by atoms with Crippen LogP contribution in [-0.4, -0.2) is 19.2 Å². The van der Waals surface area contributed by atoms with E-state index in [0.717, 1.165) is 0 Å². The van der Waals surface area contributed by atoms with Crippen molar-refractivity contribution in [3.63, 3.8) is 0 Å². The van der Waals surface area contributed by atoms with Gasteiger partial charge in [0.15, 0.2) is 0 Å². The maximum absolute atomic E-state index is 11.2. The van der Waals surface area contributed by atoms with Crippen molar-refractivity contribution in [2.24, 2.45) is 0 Å². The Kier molecular flexibility index (Phi) is 2.52. The molecular formula is C9H7Cl2NO2. The summed E-state index contributed by atoms with van der Waals surface area (Å²) in [7, 11) is 0. The number of amides is 1. The molecule has 0 unspecified atom stereocenters. The van der Waals surface area contributed by atoms with E-state index in [1.54, 1.807) is 18.2 Å². The smallest absolute Gasteiger partial charge is 0.414 e. The van der Waals surface area contributed by atoms with Gasteiger partial charge in [-0.05, 0) is 18.2 Å². The molecule has 1 amide bonds. The number of rotatable bonds is 1. The molecule has 2 rings (SSSR count). The molecule has 0 bridgehead atoms. The van der Waals surface area contributed by atoms with Crippen LogP contribution in [0.25, 0.3) is 0 Å². The Morgan fingerprint density at radius 1 is 1.21 bits per heavy atom. The first-order valence-corrected chi connectivity index (χ1v) is 4.83. The SMILES string of the molecule is O=C1OCCN1c1cc(Cl)cc(Cl)c1. The Balaban J connectivity index is 2.35. The number of carbonyl (C=O) groups is 1. The number of ether oxygens (including phenoxy) is 1. The van der Waals surface area contributed by atoms with Crippen LogP contribution in [0.5, 0.6) is 0 Å². The molecule has 0 aromatic heterocycles. The Hall–Kier alpha value is -0.930. The molecule has 1 aromatic carbocycles. The number of anilines is 1. The quantitative estimate of drug-likeness (QED) is 0.744. The van der Waals surface area contributed by atoms with Gasteiger partial charge in [-0.15, -0.1) is 0 Å². The summed E-state index contributed by atoms with van der Waals surface area (Å²) in [5.41, 5.74) is 0.671. The van der Waals surface area contributed by atoms with Crippen molar-refractivity contribution < 1.29 is 9.53 Å². The van der Waals surface area contributed by atoms with Crippen LogP contribution in [0.2, 0.25) is 10.0 Å². The van der Waals surface area contributed by atoms with E-state index >= 15 is 0 Å². The molecule has 14 heavy (non-hydrogen) atoms. The van der Waals surface area contributed by atoms with E-state index in [-0.39, 0.29) is 6.09 Å². The van der Waals surface area contributed by atoms with Crippen LogP contribution in [-0.2, 0) is 4.74 Å². The summed E-state index contributed by atoms with van der Waals surface area (Å²) >= 11 is 11.6. The van der Waals surface area contributed by atoms with Gasteiger partial charge in [-0.3, -0.25) is 4.90 Å². The average molecular weight is 232 g/mol. The Bertz CT molecular complexity index is 361. The minimum atomic E-state index is -0.358. The zero-order valence-electron chi connectivity index (χ0n) is 7.17. The first kappa shape index (κ1) is 9.62. The monoisotopic (exact) mass is 231 g/mol. The number of benzene rings is 1. The van der Waals surface area contributed by atoms with Crippen molar-refractivity contribution in [3.8, 4) is 0 Å².